The minimum absolute atomic E-state index is 0.219. The first kappa shape index (κ1) is 14.8. The van der Waals surface area contributed by atoms with Crippen LogP contribution in [0.4, 0.5) is 0 Å². The topological polar surface area (TPSA) is 79.6 Å². The molecule has 6 nitrogen and oxygen atoms in total. The molecular weight excluding hydrogens is 280 g/mol. The van der Waals surface area contributed by atoms with Crippen molar-refractivity contribution in [1.82, 2.24) is 4.31 Å². The maximum absolute atomic E-state index is 12.4. The molecular formula is C13H16N2O4S. The van der Waals surface area contributed by atoms with Crippen LogP contribution in [0.2, 0.25) is 0 Å². The van der Waals surface area contributed by atoms with Gasteiger partial charge in [0.15, 0.2) is 6.10 Å². The van der Waals surface area contributed by atoms with Crippen LogP contribution < -0.4 is 4.74 Å². The summed E-state index contributed by atoms with van der Waals surface area (Å²) in [6.45, 7) is 3.19. The summed E-state index contributed by atoms with van der Waals surface area (Å²) in [6.07, 6.45) is -0.572. The Kier molecular flexibility index (Phi) is 4.60. The van der Waals surface area contributed by atoms with E-state index in [9.17, 15) is 8.42 Å². The number of ether oxygens (including phenoxy) is 2. The van der Waals surface area contributed by atoms with Crippen LogP contribution in [0.25, 0.3) is 0 Å². The summed E-state index contributed by atoms with van der Waals surface area (Å²) >= 11 is 0. The van der Waals surface area contributed by atoms with Gasteiger partial charge < -0.3 is 9.47 Å². The molecule has 20 heavy (non-hydrogen) atoms. The van der Waals surface area contributed by atoms with Gasteiger partial charge in [-0.05, 0) is 31.2 Å². The fourth-order valence-corrected chi connectivity index (χ4v) is 3.26. The largest absolute Gasteiger partial charge is 0.476 e. The van der Waals surface area contributed by atoms with E-state index < -0.39 is 16.1 Å². The highest BCUT2D eigenvalue weighted by Gasteiger charge is 2.26. The highest BCUT2D eigenvalue weighted by atomic mass is 32.2. The van der Waals surface area contributed by atoms with Crippen LogP contribution in [0.3, 0.4) is 0 Å². The third kappa shape index (κ3) is 3.28. The first-order chi connectivity index (χ1) is 9.54. The summed E-state index contributed by atoms with van der Waals surface area (Å²) in [5, 5.41) is 8.66. The van der Waals surface area contributed by atoms with Crippen LogP contribution in [0.15, 0.2) is 29.2 Å². The molecule has 0 spiro atoms. The van der Waals surface area contributed by atoms with Crippen LogP contribution in [0, 0.1) is 11.3 Å². The van der Waals surface area contributed by atoms with Crippen molar-refractivity contribution in [1.29, 1.82) is 5.26 Å². The smallest absolute Gasteiger partial charge is 0.243 e. The second-order valence-corrected chi connectivity index (χ2v) is 6.31. The molecule has 1 fully saturated rings. The summed E-state index contributed by atoms with van der Waals surface area (Å²) in [4.78, 5) is 0.219. The first-order valence-electron chi connectivity index (χ1n) is 6.28. The summed E-state index contributed by atoms with van der Waals surface area (Å²) in [7, 11) is -3.48. The lowest BCUT2D eigenvalue weighted by atomic mass is 10.3. The van der Waals surface area contributed by atoms with Crippen LogP contribution in [0.1, 0.15) is 6.92 Å². The Morgan fingerprint density at radius 1 is 1.30 bits per heavy atom. The monoisotopic (exact) mass is 296 g/mol. The van der Waals surface area contributed by atoms with Gasteiger partial charge in [0.05, 0.1) is 18.1 Å². The number of benzene rings is 1. The lowest BCUT2D eigenvalue weighted by Crippen LogP contribution is -2.40. The highest BCUT2D eigenvalue weighted by molar-refractivity contribution is 7.89. The third-order valence-corrected chi connectivity index (χ3v) is 4.84. The molecule has 0 bridgehead atoms. The van der Waals surface area contributed by atoms with E-state index in [2.05, 4.69) is 0 Å². The normalized spacial score (nSPS) is 18.2. The molecule has 1 aromatic carbocycles. The van der Waals surface area contributed by atoms with Gasteiger partial charge in [-0.1, -0.05) is 0 Å². The highest BCUT2D eigenvalue weighted by Crippen LogP contribution is 2.21. The first-order valence-corrected chi connectivity index (χ1v) is 7.72. The zero-order valence-corrected chi connectivity index (χ0v) is 12.0. The van der Waals surface area contributed by atoms with Gasteiger partial charge in [-0.3, -0.25) is 0 Å². The van der Waals surface area contributed by atoms with E-state index in [4.69, 9.17) is 14.7 Å². The van der Waals surface area contributed by atoms with E-state index >= 15 is 0 Å². The van der Waals surface area contributed by atoms with E-state index in [0.29, 0.717) is 32.1 Å². The Balaban J connectivity index is 2.14. The molecule has 2 rings (SSSR count). The molecule has 0 aliphatic carbocycles. The van der Waals surface area contributed by atoms with Crippen molar-refractivity contribution < 1.29 is 17.9 Å². The molecule has 1 atom stereocenters. The van der Waals surface area contributed by atoms with Crippen molar-refractivity contribution in [2.45, 2.75) is 17.9 Å². The summed E-state index contributed by atoms with van der Waals surface area (Å²) in [6, 6.07) is 8.04. The molecule has 1 saturated heterocycles. The number of rotatable bonds is 4. The fourth-order valence-electron chi connectivity index (χ4n) is 1.86. The van der Waals surface area contributed by atoms with Crippen molar-refractivity contribution in [3.63, 3.8) is 0 Å². The van der Waals surface area contributed by atoms with Crippen molar-refractivity contribution in [3.05, 3.63) is 24.3 Å². The van der Waals surface area contributed by atoms with Gasteiger partial charge in [0.1, 0.15) is 11.8 Å². The fraction of sp³-hybridized carbons (Fsp3) is 0.462. The van der Waals surface area contributed by atoms with Crippen LogP contribution >= 0.6 is 0 Å². The molecule has 108 valence electrons. The van der Waals surface area contributed by atoms with E-state index in [1.807, 2.05) is 6.07 Å². The van der Waals surface area contributed by atoms with Gasteiger partial charge in [0.25, 0.3) is 0 Å². The average Bonchev–Trinajstić information content (AvgIpc) is 2.48. The van der Waals surface area contributed by atoms with Gasteiger partial charge in [-0.2, -0.15) is 9.57 Å². The zero-order valence-electron chi connectivity index (χ0n) is 11.2. The summed E-state index contributed by atoms with van der Waals surface area (Å²) in [5.41, 5.74) is 0. The summed E-state index contributed by atoms with van der Waals surface area (Å²) in [5.74, 6) is 0.472. The molecule has 0 radical (unpaired) electrons. The maximum atomic E-state index is 12.4. The molecule has 1 aliphatic heterocycles. The number of nitriles is 1. The predicted octanol–water partition coefficient (Wildman–Crippen LogP) is 0.998. The van der Waals surface area contributed by atoms with Gasteiger partial charge in [-0.25, -0.2) is 8.42 Å². The molecule has 1 aliphatic rings. The van der Waals surface area contributed by atoms with Crippen molar-refractivity contribution in [2.24, 2.45) is 0 Å². The number of hydrogen-bond donors (Lipinski definition) is 0. The molecule has 0 aromatic heterocycles. The quantitative estimate of drug-likeness (QED) is 0.828. The molecule has 1 aromatic rings. The number of hydrogen-bond acceptors (Lipinski definition) is 5. The number of sulfonamides is 1. The van der Waals surface area contributed by atoms with E-state index in [0.717, 1.165) is 0 Å². The number of nitrogens with zero attached hydrogens (tertiary/aromatic N) is 2. The molecule has 0 N–H and O–H groups in total. The van der Waals surface area contributed by atoms with E-state index in [-0.39, 0.29) is 4.90 Å². The van der Waals surface area contributed by atoms with Gasteiger partial charge in [-0.15, -0.1) is 0 Å². The van der Waals surface area contributed by atoms with Gasteiger partial charge in [0.2, 0.25) is 10.0 Å². The molecule has 0 amide bonds. The molecule has 0 saturated carbocycles. The molecule has 0 unspecified atom stereocenters. The van der Waals surface area contributed by atoms with E-state index in [1.54, 1.807) is 19.1 Å². The lowest BCUT2D eigenvalue weighted by molar-refractivity contribution is 0.0730. The van der Waals surface area contributed by atoms with Crippen LogP contribution in [0.5, 0.6) is 5.75 Å². The number of morpholine rings is 1. The van der Waals surface area contributed by atoms with Gasteiger partial charge in [0, 0.05) is 13.1 Å². The van der Waals surface area contributed by atoms with Crippen molar-refractivity contribution >= 4 is 10.0 Å². The SMILES string of the molecule is C[C@@H](C#N)Oc1ccc(S(=O)(=O)N2CCOCC2)cc1. The van der Waals surface area contributed by atoms with E-state index in [1.165, 1.54) is 16.4 Å². The average molecular weight is 296 g/mol. The van der Waals surface area contributed by atoms with Crippen molar-refractivity contribution in [2.75, 3.05) is 26.3 Å². The molecule has 7 heteroatoms. The van der Waals surface area contributed by atoms with Crippen LogP contribution in [-0.4, -0.2) is 45.1 Å². The minimum Gasteiger partial charge on any atom is -0.476 e. The summed E-state index contributed by atoms with van der Waals surface area (Å²) < 4.78 is 36.6. The Hall–Kier alpha value is -1.62. The zero-order chi connectivity index (χ0) is 14.6. The van der Waals surface area contributed by atoms with Gasteiger partial charge >= 0.3 is 0 Å². The Labute approximate surface area is 118 Å². The Morgan fingerprint density at radius 2 is 1.90 bits per heavy atom. The lowest BCUT2D eigenvalue weighted by Gasteiger charge is -2.26. The second-order valence-electron chi connectivity index (χ2n) is 4.38. The Bertz CT molecular complexity index is 586. The third-order valence-electron chi connectivity index (χ3n) is 2.93. The molecule has 1 heterocycles. The van der Waals surface area contributed by atoms with Crippen LogP contribution in [-0.2, 0) is 14.8 Å². The maximum Gasteiger partial charge on any atom is 0.243 e. The Morgan fingerprint density at radius 3 is 2.45 bits per heavy atom. The second kappa shape index (κ2) is 6.22. The predicted molar refractivity (Wildman–Crippen MR) is 71.7 cm³/mol. The minimum atomic E-state index is -3.48. The standard InChI is InChI=1S/C13H16N2O4S/c1-11(10-14)19-12-2-4-13(5-3-12)20(16,17)15-6-8-18-9-7-15/h2-5,11H,6-9H2,1H3/t11-/m0/s1. The van der Waals surface area contributed by atoms with Crippen molar-refractivity contribution in [3.8, 4) is 11.8 Å².